The van der Waals surface area contributed by atoms with Crippen molar-refractivity contribution in [2.24, 2.45) is 5.92 Å². The standard InChI is InChI=1S/C15H25FN2/c1-5-17-15(12(2)3)11-18(4)10-13-8-6-7-9-14(13)16/h6-9,12,15,17H,5,10-11H2,1-4H3. The summed E-state index contributed by atoms with van der Waals surface area (Å²) in [7, 11) is 2.04. The van der Waals surface area contributed by atoms with Crippen LogP contribution in [0.15, 0.2) is 24.3 Å². The first kappa shape index (κ1) is 15.1. The first-order chi connectivity index (χ1) is 8.54. The van der Waals surface area contributed by atoms with Crippen LogP contribution in [0.2, 0.25) is 0 Å². The molecule has 0 aliphatic heterocycles. The third kappa shape index (κ3) is 4.75. The van der Waals surface area contributed by atoms with Crippen molar-refractivity contribution >= 4 is 0 Å². The highest BCUT2D eigenvalue weighted by molar-refractivity contribution is 5.17. The van der Waals surface area contributed by atoms with E-state index in [0.717, 1.165) is 18.7 Å². The summed E-state index contributed by atoms with van der Waals surface area (Å²) in [5, 5.41) is 3.48. The maximum Gasteiger partial charge on any atom is 0.127 e. The lowest BCUT2D eigenvalue weighted by Gasteiger charge is -2.27. The van der Waals surface area contributed by atoms with Crippen LogP contribution in [-0.4, -0.2) is 31.1 Å². The fourth-order valence-corrected chi connectivity index (χ4v) is 2.09. The second kappa shape index (κ2) is 7.49. The first-order valence-corrected chi connectivity index (χ1v) is 6.70. The molecule has 0 heterocycles. The fraction of sp³-hybridized carbons (Fsp3) is 0.600. The lowest BCUT2D eigenvalue weighted by Crippen LogP contribution is -2.42. The summed E-state index contributed by atoms with van der Waals surface area (Å²) in [4.78, 5) is 2.17. The van der Waals surface area contributed by atoms with Gasteiger partial charge in [0.25, 0.3) is 0 Å². The number of nitrogens with one attached hydrogen (secondary N) is 1. The average molecular weight is 252 g/mol. The van der Waals surface area contributed by atoms with Gasteiger partial charge in [-0.15, -0.1) is 0 Å². The van der Waals surface area contributed by atoms with Gasteiger partial charge < -0.3 is 10.2 Å². The van der Waals surface area contributed by atoms with Crippen molar-refractivity contribution in [3.63, 3.8) is 0 Å². The summed E-state index contributed by atoms with van der Waals surface area (Å²) in [6, 6.07) is 7.44. The second-order valence-electron chi connectivity index (χ2n) is 5.20. The highest BCUT2D eigenvalue weighted by atomic mass is 19.1. The Balaban J connectivity index is 2.55. The van der Waals surface area contributed by atoms with Crippen molar-refractivity contribution in [2.75, 3.05) is 20.1 Å². The van der Waals surface area contributed by atoms with Crippen molar-refractivity contribution in [3.05, 3.63) is 35.6 Å². The molecule has 1 rings (SSSR count). The van der Waals surface area contributed by atoms with Gasteiger partial charge >= 0.3 is 0 Å². The van der Waals surface area contributed by atoms with E-state index < -0.39 is 0 Å². The van der Waals surface area contributed by atoms with Crippen molar-refractivity contribution in [1.29, 1.82) is 0 Å². The maximum absolute atomic E-state index is 13.6. The van der Waals surface area contributed by atoms with Gasteiger partial charge in [-0.3, -0.25) is 0 Å². The Morgan fingerprint density at radius 1 is 1.28 bits per heavy atom. The monoisotopic (exact) mass is 252 g/mol. The third-order valence-electron chi connectivity index (χ3n) is 3.18. The number of likely N-dealkylation sites (N-methyl/N-ethyl adjacent to an activating group) is 2. The van der Waals surface area contributed by atoms with Crippen LogP contribution in [0.5, 0.6) is 0 Å². The van der Waals surface area contributed by atoms with Crippen molar-refractivity contribution in [1.82, 2.24) is 10.2 Å². The first-order valence-electron chi connectivity index (χ1n) is 6.70. The molecule has 18 heavy (non-hydrogen) atoms. The SMILES string of the molecule is CCNC(CN(C)Cc1ccccc1F)C(C)C. The molecule has 0 saturated heterocycles. The van der Waals surface area contributed by atoms with E-state index in [-0.39, 0.29) is 5.82 Å². The molecule has 3 heteroatoms. The van der Waals surface area contributed by atoms with Crippen molar-refractivity contribution in [2.45, 2.75) is 33.4 Å². The van der Waals surface area contributed by atoms with Crippen LogP contribution in [0, 0.1) is 11.7 Å². The van der Waals surface area contributed by atoms with Crippen molar-refractivity contribution in [3.8, 4) is 0 Å². The Hall–Kier alpha value is -0.930. The van der Waals surface area contributed by atoms with Gasteiger partial charge in [0.05, 0.1) is 0 Å². The molecule has 0 aliphatic rings. The minimum Gasteiger partial charge on any atom is -0.313 e. The van der Waals surface area contributed by atoms with Gasteiger partial charge in [0.2, 0.25) is 0 Å². The van der Waals surface area contributed by atoms with Gasteiger partial charge in [0, 0.05) is 24.7 Å². The number of rotatable bonds is 7. The molecule has 0 bridgehead atoms. The Morgan fingerprint density at radius 2 is 1.94 bits per heavy atom. The summed E-state index contributed by atoms with van der Waals surface area (Å²) in [5.74, 6) is 0.460. The van der Waals surface area contributed by atoms with Crippen LogP contribution in [0.25, 0.3) is 0 Å². The highest BCUT2D eigenvalue weighted by Gasteiger charge is 2.15. The Kier molecular flexibility index (Phi) is 6.30. The molecule has 1 atom stereocenters. The van der Waals surface area contributed by atoms with Crippen LogP contribution in [0.3, 0.4) is 0 Å². The molecule has 102 valence electrons. The zero-order chi connectivity index (χ0) is 13.5. The van der Waals surface area contributed by atoms with Gasteiger partial charge in [0.1, 0.15) is 5.82 Å². The second-order valence-corrected chi connectivity index (χ2v) is 5.20. The Morgan fingerprint density at radius 3 is 2.50 bits per heavy atom. The molecule has 1 aromatic carbocycles. The molecule has 0 aromatic heterocycles. The molecule has 1 N–H and O–H groups in total. The fourth-order valence-electron chi connectivity index (χ4n) is 2.09. The molecular weight excluding hydrogens is 227 g/mol. The number of benzene rings is 1. The predicted octanol–water partition coefficient (Wildman–Crippen LogP) is 2.89. The van der Waals surface area contributed by atoms with E-state index in [4.69, 9.17) is 0 Å². The van der Waals surface area contributed by atoms with E-state index in [2.05, 4.69) is 31.0 Å². The molecule has 2 nitrogen and oxygen atoms in total. The predicted molar refractivity (Wildman–Crippen MR) is 75.0 cm³/mol. The summed E-state index contributed by atoms with van der Waals surface area (Å²) in [6.07, 6.45) is 0. The zero-order valence-electron chi connectivity index (χ0n) is 11.9. The van der Waals surface area contributed by atoms with E-state index in [1.807, 2.05) is 19.2 Å². The maximum atomic E-state index is 13.6. The van der Waals surface area contributed by atoms with Crippen LogP contribution >= 0.6 is 0 Å². The van der Waals surface area contributed by atoms with Crippen LogP contribution in [-0.2, 0) is 6.54 Å². The van der Waals surface area contributed by atoms with Gasteiger partial charge in [0.15, 0.2) is 0 Å². The quantitative estimate of drug-likeness (QED) is 0.802. The zero-order valence-corrected chi connectivity index (χ0v) is 11.9. The van der Waals surface area contributed by atoms with Crippen LogP contribution < -0.4 is 5.32 Å². The molecule has 0 fully saturated rings. The van der Waals surface area contributed by atoms with Gasteiger partial charge in [-0.2, -0.15) is 0 Å². The summed E-state index contributed by atoms with van der Waals surface area (Å²) in [6.45, 7) is 9.10. The lowest BCUT2D eigenvalue weighted by molar-refractivity contribution is 0.248. The number of nitrogens with zero attached hydrogens (tertiary/aromatic N) is 1. The lowest BCUT2D eigenvalue weighted by atomic mass is 10.0. The smallest absolute Gasteiger partial charge is 0.127 e. The third-order valence-corrected chi connectivity index (χ3v) is 3.18. The summed E-state index contributed by atoms with van der Waals surface area (Å²) < 4.78 is 13.6. The Bertz CT molecular complexity index is 352. The molecule has 1 aromatic rings. The summed E-state index contributed by atoms with van der Waals surface area (Å²) in [5.41, 5.74) is 0.763. The average Bonchev–Trinajstić information content (AvgIpc) is 2.31. The number of hydrogen-bond donors (Lipinski definition) is 1. The molecule has 0 aliphatic carbocycles. The normalized spacial score (nSPS) is 13.3. The van der Waals surface area contributed by atoms with E-state index in [9.17, 15) is 4.39 Å². The molecular formula is C15H25FN2. The van der Waals surface area contributed by atoms with Crippen molar-refractivity contribution < 1.29 is 4.39 Å². The summed E-state index contributed by atoms with van der Waals surface area (Å²) >= 11 is 0. The highest BCUT2D eigenvalue weighted by Crippen LogP contribution is 2.10. The largest absolute Gasteiger partial charge is 0.313 e. The van der Waals surface area contributed by atoms with Gasteiger partial charge in [-0.25, -0.2) is 4.39 Å². The molecule has 1 unspecified atom stereocenters. The topological polar surface area (TPSA) is 15.3 Å². The molecule has 0 radical (unpaired) electrons. The minimum atomic E-state index is -0.117. The number of halogens is 1. The van der Waals surface area contributed by atoms with Gasteiger partial charge in [-0.05, 0) is 25.6 Å². The van der Waals surface area contributed by atoms with Crippen LogP contribution in [0.1, 0.15) is 26.3 Å². The van der Waals surface area contributed by atoms with E-state index in [0.29, 0.717) is 18.5 Å². The molecule has 0 amide bonds. The Labute approximate surface area is 110 Å². The molecule has 0 saturated carbocycles. The minimum absolute atomic E-state index is 0.117. The van der Waals surface area contributed by atoms with Gasteiger partial charge in [-0.1, -0.05) is 39.0 Å². The van der Waals surface area contributed by atoms with Crippen LogP contribution in [0.4, 0.5) is 4.39 Å². The van der Waals surface area contributed by atoms with E-state index in [1.165, 1.54) is 6.07 Å². The molecule has 0 spiro atoms. The van der Waals surface area contributed by atoms with E-state index >= 15 is 0 Å². The van der Waals surface area contributed by atoms with E-state index in [1.54, 1.807) is 6.07 Å². The number of hydrogen-bond acceptors (Lipinski definition) is 2.